The van der Waals surface area contributed by atoms with Gasteiger partial charge in [0.15, 0.2) is 0 Å². The summed E-state index contributed by atoms with van der Waals surface area (Å²) >= 11 is 4.98. The SMILES string of the molecule is O=c1[nH]c2n[nH]c(=S)n2nc1Cc1ccc(F)cc1. The molecule has 0 bridgehead atoms. The van der Waals surface area contributed by atoms with Crippen LogP contribution in [-0.2, 0) is 6.42 Å². The van der Waals surface area contributed by atoms with E-state index in [2.05, 4.69) is 20.3 Å². The van der Waals surface area contributed by atoms with Gasteiger partial charge >= 0.3 is 0 Å². The predicted octanol–water partition coefficient (Wildman–Crippen LogP) is 1.21. The number of aromatic amines is 2. The Morgan fingerprint density at radius 2 is 2.05 bits per heavy atom. The molecule has 0 aliphatic carbocycles. The summed E-state index contributed by atoms with van der Waals surface area (Å²) in [6, 6.07) is 5.89. The summed E-state index contributed by atoms with van der Waals surface area (Å²) < 4.78 is 14.5. The number of aromatic nitrogens is 5. The Hall–Kier alpha value is -2.35. The third kappa shape index (κ3) is 2.17. The van der Waals surface area contributed by atoms with Crippen molar-refractivity contribution in [3.63, 3.8) is 0 Å². The van der Waals surface area contributed by atoms with Crippen LogP contribution in [-0.4, -0.2) is 24.8 Å². The molecule has 6 nitrogen and oxygen atoms in total. The molecule has 3 rings (SSSR count). The largest absolute Gasteiger partial charge is 0.288 e. The van der Waals surface area contributed by atoms with Crippen LogP contribution in [0.1, 0.15) is 11.3 Å². The molecule has 3 aromatic rings. The topological polar surface area (TPSA) is 78.8 Å². The molecule has 0 unspecified atom stereocenters. The minimum absolute atomic E-state index is 0.262. The second kappa shape index (κ2) is 4.39. The number of halogens is 1. The van der Waals surface area contributed by atoms with E-state index >= 15 is 0 Å². The minimum Gasteiger partial charge on any atom is -0.288 e. The van der Waals surface area contributed by atoms with Crippen molar-refractivity contribution in [1.29, 1.82) is 0 Å². The number of fused-ring (bicyclic) bond motifs is 1. The van der Waals surface area contributed by atoms with E-state index < -0.39 is 0 Å². The summed E-state index contributed by atoms with van der Waals surface area (Å²) in [5.74, 6) is -0.0593. The molecule has 8 heteroatoms. The lowest BCUT2D eigenvalue weighted by Gasteiger charge is -2.00. The summed E-state index contributed by atoms with van der Waals surface area (Å²) in [4.78, 5) is 14.4. The molecule has 0 aliphatic rings. The molecule has 2 N–H and O–H groups in total. The van der Waals surface area contributed by atoms with Gasteiger partial charge in [-0.05, 0) is 29.9 Å². The first kappa shape index (κ1) is 11.7. The predicted molar refractivity (Wildman–Crippen MR) is 68.0 cm³/mol. The number of nitrogens with one attached hydrogen (secondary N) is 2. The maximum absolute atomic E-state index is 12.8. The third-order valence-electron chi connectivity index (χ3n) is 2.64. The Morgan fingerprint density at radius 3 is 2.79 bits per heavy atom. The van der Waals surface area contributed by atoms with E-state index in [1.807, 2.05) is 0 Å². The van der Waals surface area contributed by atoms with Crippen LogP contribution in [0.4, 0.5) is 4.39 Å². The van der Waals surface area contributed by atoms with Crippen molar-refractivity contribution < 1.29 is 4.39 Å². The fourth-order valence-corrected chi connectivity index (χ4v) is 1.89. The van der Waals surface area contributed by atoms with Crippen LogP contribution in [0.25, 0.3) is 5.78 Å². The molecule has 0 fully saturated rings. The van der Waals surface area contributed by atoms with Crippen molar-refractivity contribution in [2.75, 3.05) is 0 Å². The van der Waals surface area contributed by atoms with Gasteiger partial charge in [0.1, 0.15) is 11.5 Å². The van der Waals surface area contributed by atoms with Crippen LogP contribution in [0.3, 0.4) is 0 Å². The second-order valence-corrected chi connectivity index (χ2v) is 4.35. The zero-order chi connectivity index (χ0) is 13.4. The van der Waals surface area contributed by atoms with Gasteiger partial charge in [-0.15, -0.1) is 5.10 Å². The highest BCUT2D eigenvalue weighted by molar-refractivity contribution is 7.71. The van der Waals surface area contributed by atoms with Crippen LogP contribution in [0, 0.1) is 10.6 Å². The summed E-state index contributed by atoms with van der Waals surface area (Å²) in [5, 5.41) is 10.5. The van der Waals surface area contributed by atoms with Gasteiger partial charge in [0.2, 0.25) is 4.77 Å². The molecule has 0 spiro atoms. The van der Waals surface area contributed by atoms with Gasteiger partial charge in [0, 0.05) is 6.42 Å². The van der Waals surface area contributed by atoms with E-state index in [1.54, 1.807) is 12.1 Å². The van der Waals surface area contributed by atoms with Crippen molar-refractivity contribution in [3.8, 4) is 0 Å². The zero-order valence-electron chi connectivity index (χ0n) is 9.55. The summed E-state index contributed by atoms with van der Waals surface area (Å²) in [7, 11) is 0. The maximum Gasteiger partial charge on any atom is 0.274 e. The highest BCUT2D eigenvalue weighted by Crippen LogP contribution is 2.06. The fraction of sp³-hybridized carbons (Fsp3) is 0.0909. The zero-order valence-corrected chi connectivity index (χ0v) is 10.4. The van der Waals surface area contributed by atoms with Crippen molar-refractivity contribution in [3.05, 3.63) is 56.5 Å². The number of hydrogen-bond donors (Lipinski definition) is 2. The average Bonchev–Trinajstić information content (AvgIpc) is 2.74. The van der Waals surface area contributed by atoms with Gasteiger partial charge in [-0.2, -0.15) is 9.61 Å². The number of H-pyrrole nitrogens is 2. The Labute approximate surface area is 110 Å². The lowest BCUT2D eigenvalue weighted by Crippen LogP contribution is -2.18. The van der Waals surface area contributed by atoms with E-state index in [-0.39, 0.29) is 22.8 Å². The first-order valence-corrected chi connectivity index (χ1v) is 5.85. The number of benzene rings is 1. The maximum atomic E-state index is 12.8. The third-order valence-corrected chi connectivity index (χ3v) is 2.91. The Bertz CT molecular complexity index is 848. The van der Waals surface area contributed by atoms with E-state index in [0.29, 0.717) is 11.2 Å². The van der Waals surface area contributed by atoms with Crippen molar-refractivity contribution in [2.24, 2.45) is 0 Å². The van der Waals surface area contributed by atoms with E-state index in [0.717, 1.165) is 5.56 Å². The molecule has 1 aromatic carbocycles. The molecule has 19 heavy (non-hydrogen) atoms. The molecule has 0 saturated carbocycles. The van der Waals surface area contributed by atoms with Gasteiger partial charge in [-0.1, -0.05) is 12.1 Å². The van der Waals surface area contributed by atoms with E-state index in [9.17, 15) is 9.18 Å². The number of hydrogen-bond acceptors (Lipinski definition) is 4. The van der Waals surface area contributed by atoms with Gasteiger partial charge < -0.3 is 0 Å². The number of nitrogens with zero attached hydrogens (tertiary/aromatic N) is 3. The standard InChI is InChI=1S/C11H8FN5OS/c12-7-3-1-6(2-4-7)5-8-9(18)13-10-14-15-11(19)17(10)16-8/h1-4H,5H2,(H,15,19)(H,13,14,18). The van der Waals surface area contributed by atoms with Crippen LogP contribution in [0.2, 0.25) is 0 Å². The Balaban J connectivity index is 2.07. The van der Waals surface area contributed by atoms with Crippen LogP contribution in [0.15, 0.2) is 29.1 Å². The molecule has 0 atom stereocenters. The molecule has 0 aliphatic heterocycles. The lowest BCUT2D eigenvalue weighted by atomic mass is 10.1. The van der Waals surface area contributed by atoms with Crippen molar-refractivity contribution >= 4 is 18.0 Å². The second-order valence-electron chi connectivity index (χ2n) is 3.97. The summed E-state index contributed by atoms with van der Waals surface area (Å²) in [5.41, 5.74) is 0.733. The van der Waals surface area contributed by atoms with Crippen molar-refractivity contribution in [2.45, 2.75) is 6.42 Å². The average molecular weight is 277 g/mol. The highest BCUT2D eigenvalue weighted by atomic mass is 32.1. The van der Waals surface area contributed by atoms with Gasteiger partial charge in [-0.25, -0.2) is 9.49 Å². The molecular weight excluding hydrogens is 269 g/mol. The van der Waals surface area contributed by atoms with Crippen LogP contribution < -0.4 is 5.56 Å². The number of rotatable bonds is 2. The Morgan fingerprint density at radius 1 is 1.32 bits per heavy atom. The summed E-state index contributed by atoms with van der Waals surface area (Å²) in [6.45, 7) is 0. The smallest absolute Gasteiger partial charge is 0.274 e. The van der Waals surface area contributed by atoms with E-state index in [4.69, 9.17) is 12.2 Å². The molecule has 0 amide bonds. The molecule has 0 saturated heterocycles. The molecular formula is C11H8FN5OS. The summed E-state index contributed by atoms with van der Waals surface area (Å²) in [6.07, 6.45) is 0.290. The Kier molecular flexibility index (Phi) is 2.71. The monoisotopic (exact) mass is 277 g/mol. The first-order chi connectivity index (χ1) is 9.13. The fourth-order valence-electron chi connectivity index (χ4n) is 1.72. The highest BCUT2D eigenvalue weighted by Gasteiger charge is 2.08. The minimum atomic E-state index is -0.342. The molecule has 2 heterocycles. The normalized spacial score (nSPS) is 11.0. The molecule has 2 aromatic heterocycles. The lowest BCUT2D eigenvalue weighted by molar-refractivity contribution is 0.627. The molecule has 0 radical (unpaired) electrons. The van der Waals surface area contributed by atoms with Crippen molar-refractivity contribution in [1.82, 2.24) is 24.8 Å². The van der Waals surface area contributed by atoms with Gasteiger partial charge in [0.05, 0.1) is 0 Å². The quantitative estimate of drug-likeness (QED) is 0.690. The van der Waals surface area contributed by atoms with Crippen LogP contribution in [0.5, 0.6) is 0 Å². The molecule has 96 valence electrons. The van der Waals surface area contributed by atoms with Gasteiger partial charge in [-0.3, -0.25) is 9.78 Å². The van der Waals surface area contributed by atoms with Gasteiger partial charge in [0.25, 0.3) is 11.3 Å². The van der Waals surface area contributed by atoms with Crippen LogP contribution >= 0.6 is 12.2 Å². The van der Waals surface area contributed by atoms with E-state index in [1.165, 1.54) is 16.6 Å². The first-order valence-electron chi connectivity index (χ1n) is 5.44.